The molecule has 1 aromatic heterocycles. The van der Waals surface area contributed by atoms with Crippen molar-refractivity contribution in [1.82, 2.24) is 4.98 Å². The van der Waals surface area contributed by atoms with Gasteiger partial charge in [-0.05, 0) is 73.9 Å². The summed E-state index contributed by atoms with van der Waals surface area (Å²) in [6.45, 7) is 7.64. The van der Waals surface area contributed by atoms with E-state index in [1.165, 1.54) is 0 Å². The molecular weight excluding hydrogens is 416 g/mol. The van der Waals surface area contributed by atoms with E-state index in [1.807, 2.05) is 57.2 Å². The highest BCUT2D eigenvalue weighted by Gasteiger charge is 2.23. The minimum atomic E-state index is -0.590. The number of carbonyl (C=O) groups is 1. The molecular formula is C26H26N4O3. The number of benzene rings is 2. The molecule has 7 nitrogen and oxygen atoms in total. The number of nitrogens with zero attached hydrogens (tertiary/aromatic N) is 3. The van der Waals surface area contributed by atoms with Gasteiger partial charge in [-0.2, -0.15) is 5.26 Å². The van der Waals surface area contributed by atoms with Gasteiger partial charge in [-0.1, -0.05) is 18.2 Å². The molecule has 1 amide bonds. The first-order valence-electron chi connectivity index (χ1n) is 10.9. The van der Waals surface area contributed by atoms with E-state index >= 15 is 0 Å². The Morgan fingerprint density at radius 1 is 1.12 bits per heavy atom. The number of nitrogens with one attached hydrogen (secondary N) is 1. The third-order valence-electron chi connectivity index (χ3n) is 5.48. The minimum absolute atomic E-state index is 0.145. The van der Waals surface area contributed by atoms with E-state index in [2.05, 4.69) is 21.3 Å². The first-order chi connectivity index (χ1) is 15.9. The normalized spacial score (nSPS) is 17.8. The van der Waals surface area contributed by atoms with Crippen molar-refractivity contribution in [3.63, 3.8) is 0 Å². The van der Waals surface area contributed by atoms with Crippen LogP contribution in [0.4, 0.5) is 16.3 Å². The van der Waals surface area contributed by atoms with Crippen LogP contribution in [0.5, 0.6) is 5.75 Å². The van der Waals surface area contributed by atoms with E-state index in [-0.39, 0.29) is 12.2 Å². The summed E-state index contributed by atoms with van der Waals surface area (Å²) < 4.78 is 11.3. The van der Waals surface area contributed by atoms with Gasteiger partial charge in [0.15, 0.2) is 0 Å². The molecule has 2 unspecified atom stereocenters. The molecule has 1 aliphatic rings. The maximum Gasteiger partial charge on any atom is 0.417 e. The number of rotatable bonds is 4. The Kier molecular flexibility index (Phi) is 6.57. The van der Waals surface area contributed by atoms with Crippen molar-refractivity contribution < 1.29 is 14.3 Å². The van der Waals surface area contributed by atoms with Gasteiger partial charge in [-0.25, -0.2) is 9.78 Å². The van der Waals surface area contributed by atoms with Gasteiger partial charge in [0, 0.05) is 13.1 Å². The number of aryl methyl sites for hydroxylation is 1. The topological polar surface area (TPSA) is 87.5 Å². The summed E-state index contributed by atoms with van der Waals surface area (Å²) in [6.07, 6.45) is 1.32. The van der Waals surface area contributed by atoms with Crippen molar-refractivity contribution in [3.8, 4) is 22.9 Å². The fraction of sp³-hybridized carbons (Fsp3) is 0.269. The number of carbonyl (C=O) groups excluding carboxylic acids is 1. The van der Waals surface area contributed by atoms with Crippen LogP contribution in [0, 0.1) is 18.3 Å². The zero-order chi connectivity index (χ0) is 23.4. The predicted octanol–water partition coefficient (Wildman–Crippen LogP) is 5.15. The molecule has 3 aromatic rings. The third-order valence-corrected chi connectivity index (χ3v) is 5.48. The molecule has 2 heterocycles. The Morgan fingerprint density at radius 2 is 1.85 bits per heavy atom. The molecule has 168 valence electrons. The third kappa shape index (κ3) is 5.48. The fourth-order valence-electron chi connectivity index (χ4n) is 3.96. The van der Waals surface area contributed by atoms with Crippen LogP contribution in [0.1, 0.15) is 25.0 Å². The van der Waals surface area contributed by atoms with Crippen molar-refractivity contribution in [1.29, 1.82) is 5.26 Å². The molecule has 2 atom stereocenters. The lowest BCUT2D eigenvalue weighted by atomic mass is 9.99. The molecule has 1 N–H and O–H groups in total. The predicted molar refractivity (Wildman–Crippen MR) is 127 cm³/mol. The quantitative estimate of drug-likeness (QED) is 0.601. The van der Waals surface area contributed by atoms with Gasteiger partial charge in [0.05, 0.1) is 35.7 Å². The van der Waals surface area contributed by atoms with Gasteiger partial charge in [-0.3, -0.25) is 5.32 Å². The molecule has 7 heteroatoms. The zero-order valence-corrected chi connectivity index (χ0v) is 18.9. The maximum atomic E-state index is 12.4. The van der Waals surface area contributed by atoms with E-state index in [4.69, 9.17) is 14.7 Å². The van der Waals surface area contributed by atoms with Crippen molar-refractivity contribution in [2.45, 2.75) is 33.0 Å². The van der Waals surface area contributed by atoms with E-state index < -0.39 is 6.09 Å². The summed E-state index contributed by atoms with van der Waals surface area (Å²) in [7, 11) is 0. The van der Waals surface area contributed by atoms with Crippen LogP contribution in [0.15, 0.2) is 60.8 Å². The van der Waals surface area contributed by atoms with Crippen molar-refractivity contribution in [3.05, 3.63) is 71.9 Å². The summed E-state index contributed by atoms with van der Waals surface area (Å²) in [5.74, 6) is 1.28. The Balaban J connectivity index is 1.41. The van der Waals surface area contributed by atoms with Crippen molar-refractivity contribution in [2.24, 2.45) is 0 Å². The Bertz CT molecular complexity index is 1160. The molecule has 0 radical (unpaired) electrons. The smallest absolute Gasteiger partial charge is 0.410 e. The number of pyridine rings is 1. The zero-order valence-electron chi connectivity index (χ0n) is 18.9. The lowest BCUT2D eigenvalue weighted by Crippen LogP contribution is -2.45. The van der Waals surface area contributed by atoms with Crippen LogP contribution < -0.4 is 15.0 Å². The number of morpholine rings is 1. The Labute approximate surface area is 193 Å². The lowest BCUT2D eigenvalue weighted by molar-refractivity contribution is -0.00545. The number of ether oxygens (including phenoxy) is 2. The van der Waals surface area contributed by atoms with Gasteiger partial charge >= 0.3 is 6.09 Å². The fourth-order valence-corrected chi connectivity index (χ4v) is 3.96. The Morgan fingerprint density at radius 3 is 2.48 bits per heavy atom. The Hall–Kier alpha value is -3.89. The van der Waals surface area contributed by atoms with Crippen molar-refractivity contribution in [2.75, 3.05) is 23.3 Å². The van der Waals surface area contributed by atoms with Crippen LogP contribution in [-0.4, -0.2) is 36.4 Å². The van der Waals surface area contributed by atoms with Crippen LogP contribution >= 0.6 is 0 Å². The second kappa shape index (κ2) is 9.72. The molecule has 1 aliphatic heterocycles. The molecule has 0 aliphatic carbocycles. The minimum Gasteiger partial charge on any atom is -0.410 e. The van der Waals surface area contributed by atoms with Crippen LogP contribution in [-0.2, 0) is 4.74 Å². The summed E-state index contributed by atoms with van der Waals surface area (Å²) in [6, 6.07) is 18.6. The highest BCUT2D eigenvalue weighted by Crippen LogP contribution is 2.28. The standard InChI is InChI=1S/C26H26N4O3/c1-17-4-10-23(12-24(17)21-7-5-20(13-27)6-8-21)33-26(31)29-22-9-11-25(28-14-22)30-15-18(2)32-19(3)16-30/h4-12,14,18-19H,15-16H2,1-3H3,(H,29,31). The number of hydrogen-bond donors (Lipinski definition) is 1. The monoisotopic (exact) mass is 442 g/mol. The van der Waals surface area contributed by atoms with Crippen LogP contribution in [0.3, 0.4) is 0 Å². The van der Waals surface area contributed by atoms with Gasteiger partial charge in [0.2, 0.25) is 0 Å². The largest absolute Gasteiger partial charge is 0.417 e. The summed E-state index contributed by atoms with van der Waals surface area (Å²) in [4.78, 5) is 19.1. The summed E-state index contributed by atoms with van der Waals surface area (Å²) in [5, 5.41) is 11.7. The highest BCUT2D eigenvalue weighted by molar-refractivity contribution is 5.86. The van der Waals surface area contributed by atoms with E-state index in [1.54, 1.807) is 24.4 Å². The first kappa shape index (κ1) is 22.3. The lowest BCUT2D eigenvalue weighted by Gasteiger charge is -2.36. The van der Waals surface area contributed by atoms with Crippen molar-refractivity contribution >= 4 is 17.6 Å². The van der Waals surface area contributed by atoms with Crippen LogP contribution in [0.2, 0.25) is 0 Å². The summed E-state index contributed by atoms with van der Waals surface area (Å²) >= 11 is 0. The molecule has 33 heavy (non-hydrogen) atoms. The molecule has 1 fully saturated rings. The van der Waals surface area contributed by atoms with E-state index in [9.17, 15) is 4.79 Å². The SMILES string of the molecule is Cc1ccc(OC(=O)Nc2ccc(N3CC(C)OC(C)C3)nc2)cc1-c1ccc(C#N)cc1. The van der Waals surface area contributed by atoms with Gasteiger partial charge in [0.1, 0.15) is 11.6 Å². The van der Waals surface area contributed by atoms with E-state index in [0.29, 0.717) is 17.0 Å². The molecule has 0 saturated carbocycles. The average Bonchev–Trinajstić information content (AvgIpc) is 2.80. The number of amides is 1. The second-order valence-corrected chi connectivity index (χ2v) is 8.25. The van der Waals surface area contributed by atoms with Gasteiger partial charge in [-0.15, -0.1) is 0 Å². The number of hydrogen-bond acceptors (Lipinski definition) is 6. The van der Waals surface area contributed by atoms with Gasteiger partial charge in [0.25, 0.3) is 0 Å². The molecule has 0 spiro atoms. The molecule has 1 saturated heterocycles. The number of anilines is 2. The first-order valence-corrected chi connectivity index (χ1v) is 10.9. The summed E-state index contributed by atoms with van der Waals surface area (Å²) in [5.41, 5.74) is 4.07. The second-order valence-electron chi connectivity index (χ2n) is 8.25. The number of aromatic nitrogens is 1. The van der Waals surface area contributed by atoms with E-state index in [0.717, 1.165) is 35.6 Å². The number of nitriles is 1. The average molecular weight is 443 g/mol. The molecule has 4 rings (SSSR count). The maximum absolute atomic E-state index is 12.4. The molecule has 2 aromatic carbocycles. The molecule has 0 bridgehead atoms. The highest BCUT2D eigenvalue weighted by atomic mass is 16.6. The van der Waals surface area contributed by atoms with Gasteiger partial charge < -0.3 is 14.4 Å². The van der Waals surface area contributed by atoms with Crippen LogP contribution in [0.25, 0.3) is 11.1 Å².